The molecule has 0 bridgehead atoms. The van der Waals surface area contributed by atoms with Gasteiger partial charge in [-0.25, -0.2) is 4.39 Å². The molecule has 1 aliphatic heterocycles. The van der Waals surface area contributed by atoms with E-state index in [2.05, 4.69) is 0 Å². The smallest absolute Gasteiger partial charge is 0.309 e. The van der Waals surface area contributed by atoms with E-state index in [1.165, 1.54) is 24.1 Å². The molecule has 0 spiro atoms. The van der Waals surface area contributed by atoms with Gasteiger partial charge in [0.25, 0.3) is 5.91 Å². The minimum atomic E-state index is -0.399. The highest BCUT2D eigenvalue weighted by Gasteiger charge is 2.29. The molecular formula is C20H22ClFN2O4S. The zero-order valence-electron chi connectivity index (χ0n) is 16.2. The third kappa shape index (κ3) is 4.70. The number of fused-ring (bicyclic) bond motifs is 1. The van der Waals surface area contributed by atoms with Gasteiger partial charge in [0.2, 0.25) is 5.91 Å². The molecule has 1 aromatic heterocycles. The van der Waals surface area contributed by atoms with Crippen LogP contribution in [0.1, 0.15) is 29.4 Å². The number of piperidine rings is 1. The number of benzene rings is 1. The lowest BCUT2D eigenvalue weighted by molar-refractivity contribution is -0.151. The largest absolute Gasteiger partial charge is 0.466 e. The summed E-state index contributed by atoms with van der Waals surface area (Å²) in [6, 6.07) is 4.17. The minimum absolute atomic E-state index is 0.0954. The van der Waals surface area contributed by atoms with Crippen LogP contribution in [0, 0.1) is 11.7 Å². The number of carbonyl (C=O) groups is 3. The maximum absolute atomic E-state index is 13.4. The van der Waals surface area contributed by atoms with E-state index in [0.29, 0.717) is 42.6 Å². The Morgan fingerprint density at radius 2 is 2.00 bits per heavy atom. The number of amides is 2. The Hall–Kier alpha value is -2.19. The van der Waals surface area contributed by atoms with Crippen LogP contribution in [0.3, 0.4) is 0 Å². The predicted molar refractivity (Wildman–Crippen MR) is 110 cm³/mol. The molecule has 3 rings (SSSR count). The fourth-order valence-electron chi connectivity index (χ4n) is 3.35. The number of likely N-dealkylation sites (tertiary alicyclic amines) is 1. The number of hydrogen-bond donors (Lipinski definition) is 0. The van der Waals surface area contributed by atoms with Crippen molar-refractivity contribution in [3.05, 3.63) is 33.9 Å². The highest BCUT2D eigenvalue weighted by Crippen LogP contribution is 2.36. The molecule has 0 unspecified atom stereocenters. The van der Waals surface area contributed by atoms with E-state index in [0.717, 1.165) is 11.3 Å². The van der Waals surface area contributed by atoms with E-state index >= 15 is 0 Å². The van der Waals surface area contributed by atoms with Crippen molar-refractivity contribution in [1.29, 1.82) is 0 Å². The summed E-state index contributed by atoms with van der Waals surface area (Å²) in [6.45, 7) is 2.92. The molecule has 9 heteroatoms. The lowest BCUT2D eigenvalue weighted by Crippen LogP contribution is -2.45. The predicted octanol–water partition coefficient (Wildman–Crippen LogP) is 3.57. The van der Waals surface area contributed by atoms with Crippen LogP contribution < -0.4 is 0 Å². The van der Waals surface area contributed by atoms with Gasteiger partial charge >= 0.3 is 5.97 Å². The average Bonchev–Trinajstić information content (AvgIpc) is 3.03. The molecule has 0 N–H and O–H groups in total. The van der Waals surface area contributed by atoms with E-state index in [9.17, 15) is 18.8 Å². The lowest BCUT2D eigenvalue weighted by Gasteiger charge is -2.32. The Bertz CT molecular complexity index is 940. The first-order valence-electron chi connectivity index (χ1n) is 9.39. The van der Waals surface area contributed by atoms with Gasteiger partial charge in [-0.3, -0.25) is 14.4 Å². The topological polar surface area (TPSA) is 66.9 Å². The SMILES string of the molecule is CCOC(=O)C1CCN(C(=O)CN(C)C(=O)c2sc3cc(F)ccc3c2Cl)CC1. The molecule has 0 radical (unpaired) electrons. The molecule has 0 atom stereocenters. The maximum Gasteiger partial charge on any atom is 0.309 e. The Balaban J connectivity index is 1.61. The summed E-state index contributed by atoms with van der Waals surface area (Å²) in [6.07, 6.45) is 1.10. The molecule has 2 aromatic rings. The molecule has 0 saturated carbocycles. The molecule has 1 aromatic carbocycles. The van der Waals surface area contributed by atoms with Crippen LogP contribution in [0.2, 0.25) is 5.02 Å². The van der Waals surface area contributed by atoms with Crippen molar-refractivity contribution >= 4 is 50.8 Å². The van der Waals surface area contributed by atoms with Crippen molar-refractivity contribution < 1.29 is 23.5 Å². The molecule has 156 valence electrons. The van der Waals surface area contributed by atoms with Crippen molar-refractivity contribution in [2.45, 2.75) is 19.8 Å². The van der Waals surface area contributed by atoms with Crippen molar-refractivity contribution in [1.82, 2.24) is 9.80 Å². The summed E-state index contributed by atoms with van der Waals surface area (Å²) < 4.78 is 19.0. The van der Waals surface area contributed by atoms with Gasteiger partial charge in [0.15, 0.2) is 0 Å². The number of rotatable bonds is 5. The van der Waals surface area contributed by atoms with Gasteiger partial charge in [0, 0.05) is 30.2 Å². The Labute approximate surface area is 177 Å². The number of halogens is 2. The molecule has 29 heavy (non-hydrogen) atoms. The zero-order valence-corrected chi connectivity index (χ0v) is 17.8. The monoisotopic (exact) mass is 440 g/mol. The summed E-state index contributed by atoms with van der Waals surface area (Å²) in [5.41, 5.74) is 0. The second kappa shape index (κ2) is 9.09. The first kappa shape index (κ1) is 21.5. The number of likely N-dealkylation sites (N-methyl/N-ethyl adjacent to an activating group) is 1. The van der Waals surface area contributed by atoms with Gasteiger partial charge in [-0.1, -0.05) is 11.6 Å². The van der Waals surface area contributed by atoms with E-state index in [4.69, 9.17) is 16.3 Å². The highest BCUT2D eigenvalue weighted by atomic mass is 35.5. The second-order valence-corrected chi connectivity index (χ2v) is 8.38. The van der Waals surface area contributed by atoms with Crippen molar-refractivity contribution in [3.63, 3.8) is 0 Å². The Morgan fingerprint density at radius 3 is 2.66 bits per heavy atom. The average molecular weight is 441 g/mol. The maximum atomic E-state index is 13.4. The highest BCUT2D eigenvalue weighted by molar-refractivity contribution is 7.21. The van der Waals surface area contributed by atoms with Crippen LogP contribution >= 0.6 is 22.9 Å². The van der Waals surface area contributed by atoms with Crippen LogP contribution in [-0.2, 0) is 14.3 Å². The summed E-state index contributed by atoms with van der Waals surface area (Å²) in [5, 5.41) is 0.881. The van der Waals surface area contributed by atoms with E-state index < -0.39 is 5.82 Å². The molecule has 1 saturated heterocycles. The van der Waals surface area contributed by atoms with Gasteiger partial charge in [-0.05, 0) is 38.0 Å². The Morgan fingerprint density at radius 1 is 1.31 bits per heavy atom. The van der Waals surface area contributed by atoms with Crippen LogP contribution in [0.5, 0.6) is 0 Å². The molecule has 0 aliphatic carbocycles. The number of nitrogens with zero attached hydrogens (tertiary/aromatic N) is 2. The van der Waals surface area contributed by atoms with Crippen molar-refractivity contribution in [3.8, 4) is 0 Å². The van der Waals surface area contributed by atoms with E-state index in [1.807, 2.05) is 0 Å². The van der Waals surface area contributed by atoms with E-state index in [1.54, 1.807) is 17.9 Å². The lowest BCUT2D eigenvalue weighted by atomic mass is 9.97. The van der Waals surface area contributed by atoms with Gasteiger partial charge in [-0.15, -0.1) is 11.3 Å². The van der Waals surface area contributed by atoms with Crippen LogP contribution in [0.15, 0.2) is 18.2 Å². The van der Waals surface area contributed by atoms with Gasteiger partial charge in [0.1, 0.15) is 10.7 Å². The van der Waals surface area contributed by atoms with Gasteiger partial charge in [-0.2, -0.15) is 0 Å². The quantitative estimate of drug-likeness (QED) is 0.666. The fraction of sp³-hybridized carbons (Fsp3) is 0.450. The van der Waals surface area contributed by atoms with Gasteiger partial charge in [0.05, 0.1) is 24.1 Å². The third-order valence-corrected chi connectivity index (χ3v) is 6.62. The fourth-order valence-corrected chi connectivity index (χ4v) is 4.88. The number of hydrogen-bond acceptors (Lipinski definition) is 5. The number of esters is 1. The molecule has 6 nitrogen and oxygen atoms in total. The van der Waals surface area contributed by atoms with Crippen LogP contribution in [0.25, 0.3) is 10.1 Å². The molecule has 1 fully saturated rings. The van der Waals surface area contributed by atoms with Crippen LogP contribution in [-0.4, -0.2) is 60.9 Å². The third-order valence-electron chi connectivity index (χ3n) is 4.97. The number of thiophene rings is 1. The van der Waals surface area contributed by atoms with Crippen molar-refractivity contribution in [2.75, 3.05) is 33.3 Å². The summed E-state index contributed by atoms with van der Waals surface area (Å²) in [4.78, 5) is 40.4. The molecule has 2 heterocycles. The normalized spacial score (nSPS) is 14.8. The first-order valence-corrected chi connectivity index (χ1v) is 10.6. The standard InChI is InChI=1S/C20H22ClFN2O4S/c1-3-28-20(27)12-6-8-24(9-7-12)16(25)11-23(2)19(26)18-17(21)14-5-4-13(22)10-15(14)29-18/h4-5,10,12H,3,6-9,11H2,1-2H3. The number of carbonyl (C=O) groups excluding carboxylic acids is 3. The summed E-state index contributed by atoms with van der Waals surface area (Å²) in [5.74, 6) is -1.37. The van der Waals surface area contributed by atoms with E-state index in [-0.39, 0.29) is 40.1 Å². The molecular weight excluding hydrogens is 419 g/mol. The summed E-state index contributed by atoms with van der Waals surface area (Å²) in [7, 11) is 1.53. The minimum Gasteiger partial charge on any atom is -0.466 e. The van der Waals surface area contributed by atoms with Crippen molar-refractivity contribution in [2.24, 2.45) is 5.92 Å². The molecule has 2 amide bonds. The first-order chi connectivity index (χ1) is 13.8. The molecule has 1 aliphatic rings. The van der Waals surface area contributed by atoms with Crippen LogP contribution in [0.4, 0.5) is 4.39 Å². The second-order valence-electron chi connectivity index (χ2n) is 6.95. The number of ether oxygens (including phenoxy) is 1. The zero-order chi connectivity index (χ0) is 21.1. The van der Waals surface area contributed by atoms with Gasteiger partial charge < -0.3 is 14.5 Å². The Kier molecular flexibility index (Phi) is 6.74. The summed E-state index contributed by atoms with van der Waals surface area (Å²) >= 11 is 7.41.